The number of anilines is 1. The van der Waals surface area contributed by atoms with E-state index >= 15 is 0 Å². The summed E-state index contributed by atoms with van der Waals surface area (Å²) in [6, 6.07) is 12.2. The van der Waals surface area contributed by atoms with Crippen molar-refractivity contribution < 1.29 is 9.53 Å². The van der Waals surface area contributed by atoms with Crippen LogP contribution in [0, 0.1) is 0 Å². The summed E-state index contributed by atoms with van der Waals surface area (Å²) >= 11 is 3.52. The number of hydrogen-bond acceptors (Lipinski definition) is 2. The van der Waals surface area contributed by atoms with E-state index in [4.69, 9.17) is 4.74 Å². The van der Waals surface area contributed by atoms with Crippen molar-refractivity contribution in [2.24, 2.45) is 0 Å². The van der Waals surface area contributed by atoms with Crippen LogP contribution in [-0.4, -0.2) is 12.5 Å². The highest BCUT2D eigenvalue weighted by Crippen LogP contribution is 2.27. The monoisotopic (exact) mass is 403 g/mol. The van der Waals surface area contributed by atoms with Gasteiger partial charge in [-0.2, -0.15) is 0 Å². The minimum absolute atomic E-state index is 0.00702. The van der Waals surface area contributed by atoms with Crippen LogP contribution in [0.4, 0.5) is 5.69 Å². The van der Waals surface area contributed by atoms with E-state index in [1.54, 1.807) is 0 Å². The van der Waals surface area contributed by atoms with Gasteiger partial charge in [-0.3, -0.25) is 4.79 Å². The van der Waals surface area contributed by atoms with Gasteiger partial charge in [0.1, 0.15) is 5.75 Å². The van der Waals surface area contributed by atoms with Crippen molar-refractivity contribution in [3.63, 3.8) is 0 Å². The van der Waals surface area contributed by atoms with Crippen molar-refractivity contribution >= 4 is 27.5 Å². The van der Waals surface area contributed by atoms with Gasteiger partial charge in [-0.15, -0.1) is 0 Å². The number of rotatable bonds is 8. The molecule has 4 heteroatoms. The number of para-hydroxylation sites is 1. The lowest BCUT2D eigenvalue weighted by atomic mass is 10.0. The maximum Gasteiger partial charge on any atom is 0.262 e. The average Bonchev–Trinajstić information content (AvgIpc) is 2.61. The van der Waals surface area contributed by atoms with Crippen molar-refractivity contribution in [3.8, 4) is 5.75 Å². The Labute approximate surface area is 158 Å². The molecule has 3 nitrogen and oxygen atoms in total. The molecule has 0 unspecified atom stereocenters. The van der Waals surface area contributed by atoms with Crippen molar-refractivity contribution in [1.29, 1.82) is 0 Å². The number of benzene rings is 2. The molecule has 0 aromatic heterocycles. The Kier molecular flexibility index (Phi) is 7.51. The Morgan fingerprint density at radius 2 is 1.76 bits per heavy atom. The van der Waals surface area contributed by atoms with Gasteiger partial charge in [0.05, 0.1) is 4.47 Å². The first-order valence-electron chi connectivity index (χ1n) is 8.90. The molecule has 1 N–H and O–H groups in total. The van der Waals surface area contributed by atoms with Crippen LogP contribution in [0.5, 0.6) is 5.75 Å². The average molecular weight is 404 g/mol. The van der Waals surface area contributed by atoms with Crippen LogP contribution in [-0.2, 0) is 24.1 Å². The van der Waals surface area contributed by atoms with Gasteiger partial charge in [0, 0.05) is 5.69 Å². The SMILES string of the molecule is CCCc1ccc(OCC(=O)Nc2c(CC)cccc2CC)c(Br)c1. The maximum absolute atomic E-state index is 12.4. The van der Waals surface area contributed by atoms with Crippen molar-refractivity contribution in [3.05, 3.63) is 57.6 Å². The lowest BCUT2D eigenvalue weighted by Crippen LogP contribution is -2.22. The topological polar surface area (TPSA) is 38.3 Å². The summed E-state index contributed by atoms with van der Waals surface area (Å²) < 4.78 is 6.58. The van der Waals surface area contributed by atoms with E-state index < -0.39 is 0 Å². The second kappa shape index (κ2) is 9.62. The van der Waals surface area contributed by atoms with Crippen molar-refractivity contribution in [2.45, 2.75) is 46.5 Å². The van der Waals surface area contributed by atoms with Gasteiger partial charge in [-0.05, 0) is 64.0 Å². The molecule has 25 heavy (non-hydrogen) atoms. The molecule has 2 rings (SSSR count). The molecule has 0 heterocycles. The second-order valence-corrected chi connectivity index (χ2v) is 6.86. The Morgan fingerprint density at radius 3 is 2.32 bits per heavy atom. The Hall–Kier alpha value is -1.81. The number of halogens is 1. The number of hydrogen-bond donors (Lipinski definition) is 1. The first kappa shape index (κ1) is 19.5. The summed E-state index contributed by atoms with van der Waals surface area (Å²) in [7, 11) is 0. The van der Waals surface area contributed by atoms with Gasteiger partial charge in [0.2, 0.25) is 0 Å². The molecule has 0 bridgehead atoms. The number of ether oxygens (including phenoxy) is 1. The van der Waals surface area contributed by atoms with Crippen molar-refractivity contribution in [2.75, 3.05) is 11.9 Å². The lowest BCUT2D eigenvalue weighted by Gasteiger charge is -2.15. The van der Waals surface area contributed by atoms with Crippen LogP contribution in [0.15, 0.2) is 40.9 Å². The van der Waals surface area contributed by atoms with E-state index in [2.05, 4.69) is 60.2 Å². The second-order valence-electron chi connectivity index (χ2n) is 6.01. The lowest BCUT2D eigenvalue weighted by molar-refractivity contribution is -0.118. The van der Waals surface area contributed by atoms with Gasteiger partial charge in [0.25, 0.3) is 5.91 Å². The molecule has 0 aliphatic rings. The van der Waals surface area contributed by atoms with Gasteiger partial charge in [-0.1, -0.05) is 51.5 Å². The quantitative estimate of drug-likeness (QED) is 0.627. The summed E-state index contributed by atoms with van der Waals surface area (Å²) in [6.45, 7) is 6.33. The first-order valence-corrected chi connectivity index (χ1v) is 9.70. The Bertz CT molecular complexity index is 706. The molecule has 0 fully saturated rings. The number of aryl methyl sites for hydroxylation is 3. The molecular weight excluding hydrogens is 378 g/mol. The van der Waals surface area contributed by atoms with Crippen LogP contribution >= 0.6 is 15.9 Å². The molecule has 0 spiro atoms. The fourth-order valence-corrected chi connectivity index (χ4v) is 3.37. The minimum Gasteiger partial charge on any atom is -0.483 e. The molecule has 0 radical (unpaired) electrons. The third-order valence-corrected chi connectivity index (χ3v) is 4.78. The van der Waals surface area contributed by atoms with E-state index in [0.29, 0.717) is 5.75 Å². The van der Waals surface area contributed by atoms with Crippen LogP contribution in [0.25, 0.3) is 0 Å². The highest BCUT2D eigenvalue weighted by atomic mass is 79.9. The van der Waals surface area contributed by atoms with E-state index in [1.165, 1.54) is 5.56 Å². The predicted octanol–water partition coefficient (Wildman–Crippen LogP) is 5.54. The molecule has 0 aliphatic heterocycles. The minimum atomic E-state index is -0.139. The Morgan fingerprint density at radius 1 is 1.08 bits per heavy atom. The van der Waals surface area contributed by atoms with Crippen LogP contribution < -0.4 is 10.1 Å². The smallest absolute Gasteiger partial charge is 0.262 e. The molecule has 2 aromatic rings. The summed E-state index contributed by atoms with van der Waals surface area (Å²) in [5.74, 6) is 0.551. The van der Waals surface area contributed by atoms with E-state index in [0.717, 1.165) is 47.0 Å². The molecule has 0 saturated heterocycles. The molecule has 0 saturated carbocycles. The summed E-state index contributed by atoms with van der Waals surface area (Å²) in [5.41, 5.74) is 4.49. The third-order valence-electron chi connectivity index (χ3n) is 4.16. The zero-order chi connectivity index (χ0) is 18.2. The number of amides is 1. The van der Waals surface area contributed by atoms with E-state index in [-0.39, 0.29) is 12.5 Å². The van der Waals surface area contributed by atoms with Gasteiger partial charge in [0.15, 0.2) is 6.61 Å². The van der Waals surface area contributed by atoms with Crippen molar-refractivity contribution in [1.82, 2.24) is 0 Å². The van der Waals surface area contributed by atoms with Crippen LogP contribution in [0.1, 0.15) is 43.9 Å². The van der Waals surface area contributed by atoms with Crippen LogP contribution in [0.2, 0.25) is 0 Å². The normalized spacial score (nSPS) is 10.6. The van der Waals surface area contributed by atoms with Gasteiger partial charge >= 0.3 is 0 Å². The fourth-order valence-electron chi connectivity index (χ4n) is 2.83. The molecule has 0 atom stereocenters. The molecule has 134 valence electrons. The highest BCUT2D eigenvalue weighted by Gasteiger charge is 2.11. The van der Waals surface area contributed by atoms with Gasteiger partial charge in [-0.25, -0.2) is 0 Å². The predicted molar refractivity (Wildman–Crippen MR) is 107 cm³/mol. The number of carbonyl (C=O) groups is 1. The highest BCUT2D eigenvalue weighted by molar-refractivity contribution is 9.10. The number of nitrogens with one attached hydrogen (secondary N) is 1. The van der Waals surface area contributed by atoms with E-state index in [9.17, 15) is 4.79 Å². The third kappa shape index (κ3) is 5.33. The molecule has 2 aromatic carbocycles. The standard InChI is InChI=1S/C21H26BrNO2/c1-4-8-15-11-12-19(18(22)13-15)25-14-20(24)23-21-16(5-2)9-7-10-17(21)6-3/h7,9-13H,4-6,8,14H2,1-3H3,(H,23,24). The largest absolute Gasteiger partial charge is 0.483 e. The molecular formula is C21H26BrNO2. The maximum atomic E-state index is 12.4. The van der Waals surface area contributed by atoms with E-state index in [1.807, 2.05) is 18.2 Å². The molecule has 1 amide bonds. The van der Waals surface area contributed by atoms with Gasteiger partial charge < -0.3 is 10.1 Å². The first-order chi connectivity index (χ1) is 12.1. The molecule has 0 aliphatic carbocycles. The summed E-state index contributed by atoms with van der Waals surface area (Å²) in [4.78, 5) is 12.4. The van der Waals surface area contributed by atoms with Crippen LogP contribution in [0.3, 0.4) is 0 Å². The Balaban J connectivity index is 2.02. The summed E-state index contributed by atoms with van der Waals surface area (Å²) in [6.07, 6.45) is 3.90. The number of carbonyl (C=O) groups excluding carboxylic acids is 1. The zero-order valence-corrected chi connectivity index (χ0v) is 16.8. The zero-order valence-electron chi connectivity index (χ0n) is 15.2. The summed E-state index contributed by atoms with van der Waals surface area (Å²) in [5, 5.41) is 3.02. The fraction of sp³-hybridized carbons (Fsp3) is 0.381.